The predicted molar refractivity (Wildman–Crippen MR) is 99.2 cm³/mol. The van der Waals surface area contributed by atoms with Crippen LogP contribution in [0, 0.1) is 0 Å². The Labute approximate surface area is 146 Å². The number of rotatable bonds is 6. The Balaban J connectivity index is 1.84. The number of para-hydroxylation sites is 1. The third-order valence-corrected chi connectivity index (χ3v) is 3.62. The molecule has 0 radical (unpaired) electrons. The number of nitrogens with one attached hydrogen (secondary N) is 2. The van der Waals surface area contributed by atoms with Crippen LogP contribution in [-0.2, 0) is 4.79 Å². The summed E-state index contributed by atoms with van der Waals surface area (Å²) in [5.41, 5.74) is 1.71. The Kier molecular flexibility index (Phi) is 5.18. The van der Waals surface area contributed by atoms with Gasteiger partial charge in [0.05, 0.1) is 5.52 Å². The summed E-state index contributed by atoms with van der Waals surface area (Å²) in [6.07, 6.45) is 3.85. The topological polar surface area (TPSA) is 79.8 Å². The molecule has 3 aromatic rings. The van der Waals surface area contributed by atoms with Crippen molar-refractivity contribution in [2.75, 3.05) is 11.9 Å². The van der Waals surface area contributed by atoms with Gasteiger partial charge in [-0.3, -0.25) is 9.78 Å². The van der Waals surface area contributed by atoms with E-state index in [4.69, 9.17) is 0 Å². The van der Waals surface area contributed by atoms with Crippen LogP contribution in [0.1, 0.15) is 20.3 Å². The molecule has 0 fully saturated rings. The average molecular weight is 335 g/mol. The summed E-state index contributed by atoms with van der Waals surface area (Å²) in [5.74, 6) is 1.36. The van der Waals surface area contributed by atoms with E-state index in [-0.39, 0.29) is 11.9 Å². The van der Waals surface area contributed by atoms with Gasteiger partial charge in [0.25, 0.3) is 0 Å². The van der Waals surface area contributed by atoms with Gasteiger partial charge in [-0.2, -0.15) is 0 Å². The minimum Gasteiger partial charge on any atom is -0.369 e. The van der Waals surface area contributed by atoms with Gasteiger partial charge in [-0.1, -0.05) is 12.1 Å². The number of hydrogen-bond donors (Lipinski definition) is 2. The molecule has 128 valence electrons. The molecule has 0 atom stereocenters. The van der Waals surface area contributed by atoms with Gasteiger partial charge in [0.1, 0.15) is 5.82 Å². The zero-order valence-electron chi connectivity index (χ0n) is 14.4. The zero-order valence-corrected chi connectivity index (χ0v) is 14.4. The van der Waals surface area contributed by atoms with Gasteiger partial charge in [-0.15, -0.1) is 0 Å². The van der Waals surface area contributed by atoms with Crippen molar-refractivity contribution >= 4 is 22.6 Å². The molecule has 0 bridgehead atoms. The van der Waals surface area contributed by atoms with Crippen molar-refractivity contribution in [1.29, 1.82) is 0 Å². The van der Waals surface area contributed by atoms with Crippen molar-refractivity contribution in [3.8, 4) is 11.4 Å². The van der Waals surface area contributed by atoms with Gasteiger partial charge in [-0.25, -0.2) is 9.97 Å². The number of benzene rings is 1. The molecule has 0 saturated heterocycles. The first-order valence-corrected chi connectivity index (χ1v) is 8.34. The second kappa shape index (κ2) is 7.70. The average Bonchev–Trinajstić information content (AvgIpc) is 2.61. The lowest BCUT2D eigenvalue weighted by Crippen LogP contribution is -2.31. The van der Waals surface area contributed by atoms with Crippen LogP contribution in [0.4, 0.5) is 5.82 Å². The number of pyridine rings is 1. The fraction of sp³-hybridized carbons (Fsp3) is 0.263. The minimum atomic E-state index is 0.0216. The van der Waals surface area contributed by atoms with Crippen LogP contribution in [0.25, 0.3) is 22.3 Å². The van der Waals surface area contributed by atoms with E-state index < -0.39 is 0 Å². The fourth-order valence-corrected chi connectivity index (χ4v) is 2.52. The summed E-state index contributed by atoms with van der Waals surface area (Å²) in [4.78, 5) is 25.2. The van der Waals surface area contributed by atoms with Gasteiger partial charge in [0, 0.05) is 42.4 Å². The maximum Gasteiger partial charge on any atom is 0.221 e. The van der Waals surface area contributed by atoms with Crippen molar-refractivity contribution < 1.29 is 4.79 Å². The molecule has 2 N–H and O–H groups in total. The smallest absolute Gasteiger partial charge is 0.221 e. The van der Waals surface area contributed by atoms with Crippen molar-refractivity contribution in [2.45, 2.75) is 26.3 Å². The maximum atomic E-state index is 11.8. The van der Waals surface area contributed by atoms with Crippen LogP contribution in [0.3, 0.4) is 0 Å². The molecule has 0 aliphatic heterocycles. The maximum absolute atomic E-state index is 11.8. The van der Waals surface area contributed by atoms with Crippen molar-refractivity contribution in [3.05, 3.63) is 48.8 Å². The van der Waals surface area contributed by atoms with E-state index in [0.717, 1.165) is 22.3 Å². The van der Waals surface area contributed by atoms with E-state index in [1.807, 2.05) is 50.2 Å². The van der Waals surface area contributed by atoms with Crippen molar-refractivity contribution in [2.24, 2.45) is 0 Å². The Hall–Kier alpha value is -3.02. The number of fused-ring (bicyclic) bond motifs is 1. The third kappa shape index (κ3) is 4.29. The summed E-state index contributed by atoms with van der Waals surface area (Å²) < 4.78 is 0. The minimum absolute atomic E-state index is 0.0216. The first-order chi connectivity index (χ1) is 12.1. The molecule has 2 aromatic heterocycles. The molecule has 1 aromatic carbocycles. The van der Waals surface area contributed by atoms with Gasteiger partial charge >= 0.3 is 0 Å². The number of carbonyl (C=O) groups excluding carboxylic acids is 1. The van der Waals surface area contributed by atoms with E-state index in [1.165, 1.54) is 0 Å². The lowest BCUT2D eigenvalue weighted by atomic mass is 10.2. The number of hydrogen-bond acceptors (Lipinski definition) is 5. The highest BCUT2D eigenvalue weighted by atomic mass is 16.1. The number of aromatic nitrogens is 3. The molecule has 0 spiro atoms. The molecule has 0 saturated carbocycles. The number of carbonyl (C=O) groups is 1. The molecule has 0 aliphatic rings. The number of nitrogens with zero attached hydrogens (tertiary/aromatic N) is 3. The highest BCUT2D eigenvalue weighted by Crippen LogP contribution is 2.24. The zero-order chi connectivity index (χ0) is 17.6. The molecular weight excluding hydrogens is 314 g/mol. The Morgan fingerprint density at radius 3 is 2.72 bits per heavy atom. The van der Waals surface area contributed by atoms with Crippen LogP contribution in [-0.4, -0.2) is 33.4 Å². The van der Waals surface area contributed by atoms with E-state index in [1.54, 1.807) is 12.4 Å². The number of anilines is 1. The quantitative estimate of drug-likeness (QED) is 0.724. The second-order valence-corrected chi connectivity index (χ2v) is 6.05. The van der Waals surface area contributed by atoms with E-state index in [9.17, 15) is 4.79 Å². The van der Waals surface area contributed by atoms with Crippen LogP contribution in [0.5, 0.6) is 0 Å². The summed E-state index contributed by atoms with van der Waals surface area (Å²) >= 11 is 0. The SMILES string of the molecule is CC(C)NC(=O)CCNc1nc(-c2cccnc2)nc2ccccc12. The van der Waals surface area contributed by atoms with E-state index >= 15 is 0 Å². The Morgan fingerprint density at radius 1 is 1.12 bits per heavy atom. The number of amides is 1. The second-order valence-electron chi connectivity index (χ2n) is 6.05. The summed E-state index contributed by atoms with van der Waals surface area (Å²) in [7, 11) is 0. The van der Waals surface area contributed by atoms with Crippen molar-refractivity contribution in [3.63, 3.8) is 0 Å². The summed E-state index contributed by atoms with van der Waals surface area (Å²) in [5, 5.41) is 7.08. The van der Waals surface area contributed by atoms with Crippen LogP contribution < -0.4 is 10.6 Å². The standard InChI is InChI=1S/C19H21N5O/c1-13(2)22-17(25)9-11-21-19-15-7-3-4-8-16(15)23-18(24-19)14-6-5-10-20-12-14/h3-8,10,12-13H,9,11H2,1-2H3,(H,22,25)(H,21,23,24). The highest BCUT2D eigenvalue weighted by Gasteiger charge is 2.10. The van der Waals surface area contributed by atoms with Gasteiger partial charge in [0.2, 0.25) is 5.91 Å². The monoisotopic (exact) mass is 335 g/mol. The van der Waals surface area contributed by atoms with Crippen LogP contribution in [0.2, 0.25) is 0 Å². The first kappa shape index (κ1) is 16.8. The summed E-state index contributed by atoms with van der Waals surface area (Å²) in [6, 6.07) is 11.7. The van der Waals surface area contributed by atoms with E-state index in [2.05, 4.69) is 25.6 Å². The summed E-state index contributed by atoms with van der Waals surface area (Å²) in [6.45, 7) is 4.40. The predicted octanol–water partition coefficient (Wildman–Crippen LogP) is 3.02. The van der Waals surface area contributed by atoms with Crippen LogP contribution in [0.15, 0.2) is 48.8 Å². The third-order valence-electron chi connectivity index (χ3n) is 3.62. The van der Waals surface area contributed by atoms with E-state index in [0.29, 0.717) is 18.8 Å². The molecule has 0 unspecified atom stereocenters. The normalized spacial score (nSPS) is 10.8. The van der Waals surface area contributed by atoms with Gasteiger partial charge in [0.15, 0.2) is 5.82 Å². The molecule has 1 amide bonds. The van der Waals surface area contributed by atoms with Crippen molar-refractivity contribution in [1.82, 2.24) is 20.3 Å². The largest absolute Gasteiger partial charge is 0.369 e. The molecule has 6 heteroatoms. The molecular formula is C19H21N5O. The molecule has 2 heterocycles. The molecule has 6 nitrogen and oxygen atoms in total. The molecule has 3 rings (SSSR count). The van der Waals surface area contributed by atoms with Gasteiger partial charge < -0.3 is 10.6 Å². The lowest BCUT2D eigenvalue weighted by molar-refractivity contribution is -0.121. The Bertz CT molecular complexity index is 864. The molecule has 25 heavy (non-hydrogen) atoms. The highest BCUT2D eigenvalue weighted by molar-refractivity contribution is 5.90. The van der Waals surface area contributed by atoms with Crippen LogP contribution >= 0.6 is 0 Å². The molecule has 0 aliphatic carbocycles. The lowest BCUT2D eigenvalue weighted by Gasteiger charge is -2.12. The fourth-order valence-electron chi connectivity index (χ4n) is 2.52. The van der Waals surface area contributed by atoms with Gasteiger partial charge in [-0.05, 0) is 38.1 Å². The first-order valence-electron chi connectivity index (χ1n) is 8.34. The Morgan fingerprint density at radius 2 is 1.96 bits per heavy atom.